The zero-order valence-corrected chi connectivity index (χ0v) is 19.9. The molecule has 1 N–H and O–H groups in total. The maximum absolute atomic E-state index is 13.6. The molecule has 1 aliphatic heterocycles. The molecule has 3 aromatic carbocycles. The molecule has 5 rings (SSSR count). The number of amides is 2. The van der Waals surface area contributed by atoms with Crippen LogP contribution in [0.2, 0.25) is 0 Å². The van der Waals surface area contributed by atoms with Crippen molar-refractivity contribution in [3.8, 4) is 22.9 Å². The molecule has 2 heterocycles. The average molecular weight is 487 g/mol. The monoisotopic (exact) mass is 486 g/mol. The molecule has 4 aromatic rings. The molecule has 1 unspecified atom stereocenters. The number of methoxy groups -OCH3 is 2. The fourth-order valence-corrected chi connectivity index (χ4v) is 4.18. The SMILES string of the molecule is COc1ccc(C2NC(=O)N(c3ccc(F)cc3)C(C)=C2c2nc(-c3cccc(OC)c3)no2)cc1. The summed E-state index contributed by atoms with van der Waals surface area (Å²) in [7, 11) is 3.18. The number of nitrogens with zero attached hydrogens (tertiary/aromatic N) is 3. The first-order valence-electron chi connectivity index (χ1n) is 11.2. The van der Waals surface area contributed by atoms with Crippen LogP contribution in [0.25, 0.3) is 17.0 Å². The summed E-state index contributed by atoms with van der Waals surface area (Å²) in [4.78, 5) is 19.4. The number of benzene rings is 3. The van der Waals surface area contributed by atoms with Crippen molar-refractivity contribution in [3.05, 3.63) is 95.8 Å². The minimum absolute atomic E-state index is 0.248. The van der Waals surface area contributed by atoms with Gasteiger partial charge in [0.2, 0.25) is 5.82 Å². The van der Waals surface area contributed by atoms with Crippen molar-refractivity contribution in [1.82, 2.24) is 15.5 Å². The Balaban J connectivity index is 1.63. The Bertz CT molecular complexity index is 1430. The number of aromatic nitrogens is 2. The highest BCUT2D eigenvalue weighted by atomic mass is 19.1. The van der Waals surface area contributed by atoms with Crippen LogP contribution in [0.3, 0.4) is 0 Å². The number of allylic oxidation sites excluding steroid dienone is 1. The molecule has 0 spiro atoms. The molecular weight excluding hydrogens is 463 g/mol. The minimum Gasteiger partial charge on any atom is -0.497 e. The number of carbonyl (C=O) groups excluding carboxylic acids is 1. The fraction of sp³-hybridized carbons (Fsp3) is 0.148. The zero-order valence-electron chi connectivity index (χ0n) is 19.9. The molecule has 0 bridgehead atoms. The lowest BCUT2D eigenvalue weighted by Gasteiger charge is -2.35. The van der Waals surface area contributed by atoms with E-state index in [0.29, 0.717) is 34.3 Å². The van der Waals surface area contributed by atoms with Crippen LogP contribution in [0.5, 0.6) is 11.5 Å². The van der Waals surface area contributed by atoms with Crippen molar-refractivity contribution < 1.29 is 23.2 Å². The second kappa shape index (κ2) is 9.53. The van der Waals surface area contributed by atoms with Crippen molar-refractivity contribution in [2.75, 3.05) is 19.1 Å². The van der Waals surface area contributed by atoms with E-state index in [9.17, 15) is 9.18 Å². The summed E-state index contributed by atoms with van der Waals surface area (Å²) >= 11 is 0. The topological polar surface area (TPSA) is 89.7 Å². The quantitative estimate of drug-likeness (QED) is 0.382. The Morgan fingerprint density at radius 2 is 1.69 bits per heavy atom. The van der Waals surface area contributed by atoms with Crippen LogP contribution < -0.4 is 19.7 Å². The predicted molar refractivity (Wildman–Crippen MR) is 132 cm³/mol. The second-order valence-corrected chi connectivity index (χ2v) is 8.12. The smallest absolute Gasteiger partial charge is 0.326 e. The van der Waals surface area contributed by atoms with Gasteiger partial charge in [-0.25, -0.2) is 9.18 Å². The van der Waals surface area contributed by atoms with Crippen LogP contribution >= 0.6 is 0 Å². The van der Waals surface area contributed by atoms with E-state index in [1.54, 1.807) is 33.3 Å². The van der Waals surface area contributed by atoms with Gasteiger partial charge >= 0.3 is 6.03 Å². The molecule has 0 radical (unpaired) electrons. The third-order valence-electron chi connectivity index (χ3n) is 6.00. The summed E-state index contributed by atoms with van der Waals surface area (Å²) in [6.45, 7) is 1.80. The van der Waals surface area contributed by atoms with Crippen molar-refractivity contribution in [2.45, 2.75) is 13.0 Å². The first kappa shape index (κ1) is 23.1. The molecule has 1 aliphatic rings. The third-order valence-corrected chi connectivity index (χ3v) is 6.00. The lowest BCUT2D eigenvalue weighted by molar-refractivity contribution is 0.244. The molecule has 0 aliphatic carbocycles. The molecular formula is C27H23FN4O4. The number of rotatable bonds is 6. The van der Waals surface area contributed by atoms with E-state index in [0.717, 1.165) is 11.1 Å². The number of ether oxygens (including phenoxy) is 2. The van der Waals surface area contributed by atoms with Crippen molar-refractivity contribution >= 4 is 17.3 Å². The van der Waals surface area contributed by atoms with Gasteiger partial charge in [0.25, 0.3) is 5.89 Å². The van der Waals surface area contributed by atoms with Gasteiger partial charge in [-0.15, -0.1) is 0 Å². The minimum atomic E-state index is -0.571. The first-order valence-corrected chi connectivity index (χ1v) is 11.2. The predicted octanol–water partition coefficient (Wildman–Crippen LogP) is 5.60. The van der Waals surface area contributed by atoms with Gasteiger partial charge in [-0.3, -0.25) is 4.90 Å². The van der Waals surface area contributed by atoms with Crippen LogP contribution in [-0.2, 0) is 0 Å². The van der Waals surface area contributed by atoms with Crippen LogP contribution in [-0.4, -0.2) is 30.4 Å². The molecule has 2 amide bonds. The Morgan fingerprint density at radius 3 is 2.39 bits per heavy atom. The summed E-state index contributed by atoms with van der Waals surface area (Å²) in [6, 6.07) is 19.4. The highest BCUT2D eigenvalue weighted by Crippen LogP contribution is 2.39. The van der Waals surface area contributed by atoms with Crippen LogP contribution in [0.1, 0.15) is 24.4 Å². The number of urea groups is 1. The molecule has 1 atom stereocenters. The maximum Gasteiger partial charge on any atom is 0.326 e. The molecule has 182 valence electrons. The van der Waals surface area contributed by atoms with Gasteiger partial charge in [-0.2, -0.15) is 4.98 Å². The molecule has 8 nitrogen and oxygen atoms in total. The first-order chi connectivity index (χ1) is 17.5. The van der Waals surface area contributed by atoms with E-state index in [4.69, 9.17) is 14.0 Å². The van der Waals surface area contributed by atoms with E-state index in [2.05, 4.69) is 15.5 Å². The van der Waals surface area contributed by atoms with E-state index in [1.807, 2.05) is 48.5 Å². The number of hydrogen-bond acceptors (Lipinski definition) is 6. The molecule has 36 heavy (non-hydrogen) atoms. The number of halogens is 1. The zero-order chi connectivity index (χ0) is 25.2. The number of nitrogens with one attached hydrogen (secondary N) is 1. The van der Waals surface area contributed by atoms with Crippen molar-refractivity contribution in [3.63, 3.8) is 0 Å². The Labute approximate surface area is 207 Å². The molecule has 0 saturated heterocycles. The van der Waals surface area contributed by atoms with Crippen LogP contribution in [0.4, 0.5) is 14.9 Å². The van der Waals surface area contributed by atoms with E-state index in [-0.39, 0.29) is 11.9 Å². The summed E-state index contributed by atoms with van der Waals surface area (Å²) in [6.07, 6.45) is 0. The summed E-state index contributed by atoms with van der Waals surface area (Å²) < 4.78 is 29.9. The number of hydrogen-bond donors (Lipinski definition) is 1. The molecule has 9 heteroatoms. The van der Waals surface area contributed by atoms with E-state index in [1.165, 1.54) is 17.0 Å². The summed E-state index contributed by atoms with van der Waals surface area (Å²) in [5.41, 5.74) is 3.22. The van der Waals surface area contributed by atoms with E-state index < -0.39 is 11.9 Å². The van der Waals surface area contributed by atoms with Gasteiger partial charge in [0.1, 0.15) is 17.3 Å². The highest BCUT2D eigenvalue weighted by molar-refractivity contribution is 6.01. The Morgan fingerprint density at radius 1 is 0.972 bits per heavy atom. The summed E-state index contributed by atoms with van der Waals surface area (Å²) in [5.74, 6) is 1.59. The Kier molecular flexibility index (Phi) is 6.12. The average Bonchev–Trinajstić information content (AvgIpc) is 3.39. The second-order valence-electron chi connectivity index (χ2n) is 8.12. The van der Waals surface area contributed by atoms with Gasteiger partial charge in [0.05, 0.1) is 31.5 Å². The molecule has 1 aromatic heterocycles. The largest absolute Gasteiger partial charge is 0.497 e. The van der Waals surface area contributed by atoms with E-state index >= 15 is 0 Å². The number of anilines is 1. The van der Waals surface area contributed by atoms with Crippen molar-refractivity contribution in [1.29, 1.82) is 0 Å². The van der Waals surface area contributed by atoms with Crippen molar-refractivity contribution in [2.24, 2.45) is 0 Å². The number of carbonyl (C=O) groups is 1. The maximum atomic E-state index is 13.6. The Hall–Kier alpha value is -4.66. The van der Waals surface area contributed by atoms with Gasteiger partial charge in [0, 0.05) is 11.3 Å². The van der Waals surface area contributed by atoms with Crippen LogP contribution in [0, 0.1) is 5.82 Å². The third kappa shape index (κ3) is 4.26. The standard InChI is InChI=1S/C27H23FN4O4/c1-16-23(26-30-25(31-36-26)18-5-4-6-22(15-18)35-3)24(17-7-13-21(34-2)14-8-17)29-27(33)32(16)20-11-9-19(28)10-12-20/h4-15,24H,1-3H3,(H,29,33). The van der Waals surface area contributed by atoms with Gasteiger partial charge in [-0.05, 0) is 61.0 Å². The highest BCUT2D eigenvalue weighted by Gasteiger charge is 2.36. The molecule has 0 saturated carbocycles. The molecule has 0 fully saturated rings. The van der Waals surface area contributed by atoms with Gasteiger partial charge in [-0.1, -0.05) is 29.4 Å². The summed E-state index contributed by atoms with van der Waals surface area (Å²) in [5, 5.41) is 7.21. The van der Waals surface area contributed by atoms with Gasteiger partial charge in [0.15, 0.2) is 0 Å². The lowest BCUT2D eigenvalue weighted by Crippen LogP contribution is -2.46. The fourth-order valence-electron chi connectivity index (χ4n) is 4.18. The normalized spacial score (nSPS) is 15.6. The lowest BCUT2D eigenvalue weighted by atomic mass is 9.94. The van der Waals surface area contributed by atoms with Gasteiger partial charge < -0.3 is 19.3 Å². The van der Waals surface area contributed by atoms with Crippen LogP contribution in [0.15, 0.2) is 83.0 Å².